The zero-order valence-corrected chi connectivity index (χ0v) is 12.9. The summed E-state index contributed by atoms with van der Waals surface area (Å²) in [4.78, 5) is 33.4. The van der Waals surface area contributed by atoms with Crippen LogP contribution in [0, 0.1) is 10.1 Å². The molecule has 0 aliphatic rings. The van der Waals surface area contributed by atoms with Crippen molar-refractivity contribution in [1.82, 2.24) is 5.43 Å². The molecule has 0 saturated heterocycles. The van der Waals surface area contributed by atoms with Crippen LogP contribution >= 0.6 is 11.6 Å². The average Bonchev–Trinajstić information content (AvgIpc) is 2.55. The molecule has 0 atom stereocenters. The quantitative estimate of drug-likeness (QED) is 0.382. The van der Waals surface area contributed by atoms with E-state index in [-0.39, 0.29) is 5.69 Å². The van der Waals surface area contributed by atoms with Gasteiger partial charge in [0.25, 0.3) is 5.69 Å². The van der Waals surface area contributed by atoms with E-state index in [1.54, 1.807) is 24.3 Å². The molecule has 2 amide bonds. The molecule has 0 heterocycles. The van der Waals surface area contributed by atoms with E-state index >= 15 is 0 Å². The maximum absolute atomic E-state index is 11.7. The van der Waals surface area contributed by atoms with E-state index in [4.69, 9.17) is 11.6 Å². The van der Waals surface area contributed by atoms with Gasteiger partial charge in [0.2, 0.25) is 0 Å². The number of nitro groups is 1. The van der Waals surface area contributed by atoms with E-state index < -0.39 is 16.7 Å². The number of anilines is 1. The van der Waals surface area contributed by atoms with Gasteiger partial charge in [-0.1, -0.05) is 29.8 Å². The Labute approximate surface area is 141 Å². The van der Waals surface area contributed by atoms with Crippen LogP contribution < -0.4 is 10.7 Å². The number of carbonyl (C=O) groups is 2. The first-order valence-corrected chi connectivity index (χ1v) is 6.98. The largest absolute Gasteiger partial charge is 0.329 e. The summed E-state index contributed by atoms with van der Waals surface area (Å²) in [5.41, 5.74) is 2.69. The fraction of sp³-hybridized carbons (Fsp3) is 0. The third-order valence-electron chi connectivity index (χ3n) is 2.75. The Balaban J connectivity index is 1.93. The van der Waals surface area contributed by atoms with E-state index in [9.17, 15) is 19.7 Å². The standard InChI is InChI=1S/C15H11ClN4O4/c16-11-4-2-5-12(8-11)18-14(21)15(22)19-17-9-10-3-1-6-13(7-10)20(23)24/h1-9H,(H,18,21)(H,19,22)/b17-9+. The average molecular weight is 347 g/mol. The van der Waals surface area contributed by atoms with E-state index in [0.717, 1.165) is 0 Å². The molecule has 2 aromatic rings. The van der Waals surface area contributed by atoms with Crippen molar-refractivity contribution in [2.45, 2.75) is 0 Å². The van der Waals surface area contributed by atoms with E-state index in [2.05, 4.69) is 10.4 Å². The summed E-state index contributed by atoms with van der Waals surface area (Å²) in [6.45, 7) is 0. The molecule has 9 heteroatoms. The monoisotopic (exact) mass is 346 g/mol. The van der Waals surface area contributed by atoms with Crippen molar-refractivity contribution in [3.8, 4) is 0 Å². The molecule has 0 radical (unpaired) electrons. The van der Waals surface area contributed by atoms with Gasteiger partial charge in [0.15, 0.2) is 0 Å². The Morgan fingerprint density at radius 2 is 1.88 bits per heavy atom. The zero-order chi connectivity index (χ0) is 17.5. The number of hydrogen-bond acceptors (Lipinski definition) is 5. The Kier molecular flexibility index (Phi) is 5.58. The molecule has 2 N–H and O–H groups in total. The number of halogens is 1. The number of nitrogens with zero attached hydrogens (tertiary/aromatic N) is 2. The Morgan fingerprint density at radius 3 is 2.58 bits per heavy atom. The first kappa shape index (κ1) is 17.1. The van der Waals surface area contributed by atoms with Crippen molar-refractivity contribution in [1.29, 1.82) is 0 Å². The normalized spacial score (nSPS) is 10.4. The van der Waals surface area contributed by atoms with Gasteiger partial charge < -0.3 is 5.32 Å². The minimum absolute atomic E-state index is 0.107. The number of non-ortho nitro benzene ring substituents is 1. The van der Waals surface area contributed by atoms with Crippen LogP contribution in [-0.2, 0) is 9.59 Å². The van der Waals surface area contributed by atoms with Crippen molar-refractivity contribution < 1.29 is 14.5 Å². The van der Waals surface area contributed by atoms with Gasteiger partial charge >= 0.3 is 11.8 Å². The second-order valence-electron chi connectivity index (χ2n) is 4.52. The maximum atomic E-state index is 11.7. The van der Waals surface area contributed by atoms with Crippen LogP contribution in [0.1, 0.15) is 5.56 Å². The molecular weight excluding hydrogens is 336 g/mol. The first-order chi connectivity index (χ1) is 11.5. The van der Waals surface area contributed by atoms with E-state index in [0.29, 0.717) is 16.3 Å². The Morgan fingerprint density at radius 1 is 1.12 bits per heavy atom. The molecule has 0 bridgehead atoms. The van der Waals surface area contributed by atoms with Crippen LogP contribution in [0.2, 0.25) is 5.02 Å². The Bertz CT molecular complexity index is 823. The van der Waals surface area contributed by atoms with E-state index in [1.807, 2.05) is 5.43 Å². The molecular formula is C15H11ClN4O4. The first-order valence-electron chi connectivity index (χ1n) is 6.60. The molecule has 122 valence electrons. The van der Waals surface area contributed by atoms with Gasteiger partial charge in [-0.25, -0.2) is 5.43 Å². The highest BCUT2D eigenvalue weighted by Crippen LogP contribution is 2.14. The summed E-state index contributed by atoms with van der Waals surface area (Å²) in [6.07, 6.45) is 1.19. The molecule has 0 aliphatic carbocycles. The van der Waals surface area contributed by atoms with Crippen molar-refractivity contribution in [2.75, 3.05) is 5.32 Å². The van der Waals surface area contributed by atoms with Gasteiger partial charge in [-0.05, 0) is 18.2 Å². The second kappa shape index (κ2) is 7.84. The van der Waals surface area contributed by atoms with Gasteiger partial charge in [-0.15, -0.1) is 0 Å². The molecule has 0 aliphatic heterocycles. The molecule has 8 nitrogen and oxygen atoms in total. The van der Waals surface area contributed by atoms with Crippen LogP contribution in [0.15, 0.2) is 53.6 Å². The summed E-state index contributed by atoms with van der Waals surface area (Å²) in [6, 6.07) is 12.0. The van der Waals surface area contributed by atoms with Crippen molar-refractivity contribution in [3.05, 3.63) is 69.2 Å². The van der Waals surface area contributed by atoms with Crippen LogP contribution in [0.25, 0.3) is 0 Å². The summed E-state index contributed by atoms with van der Waals surface area (Å²) < 4.78 is 0. The van der Waals surface area contributed by atoms with Crippen LogP contribution in [0.3, 0.4) is 0 Å². The predicted molar refractivity (Wildman–Crippen MR) is 88.9 cm³/mol. The van der Waals surface area contributed by atoms with Crippen molar-refractivity contribution in [3.63, 3.8) is 0 Å². The van der Waals surface area contributed by atoms with Gasteiger partial charge in [-0.2, -0.15) is 5.10 Å². The SMILES string of the molecule is O=C(N/N=C/c1cccc([N+](=O)[O-])c1)C(=O)Nc1cccc(Cl)c1. The summed E-state index contributed by atoms with van der Waals surface area (Å²) in [7, 11) is 0. The lowest BCUT2D eigenvalue weighted by atomic mass is 10.2. The number of amides is 2. The van der Waals surface area contributed by atoms with Crippen LogP contribution in [0.4, 0.5) is 11.4 Å². The number of benzene rings is 2. The minimum Gasteiger partial charge on any atom is -0.318 e. The number of carbonyl (C=O) groups excluding carboxylic acids is 2. The molecule has 0 fully saturated rings. The lowest BCUT2D eigenvalue weighted by Crippen LogP contribution is -2.32. The highest BCUT2D eigenvalue weighted by atomic mass is 35.5. The molecule has 2 aromatic carbocycles. The topological polar surface area (TPSA) is 114 Å². The molecule has 0 spiro atoms. The lowest BCUT2D eigenvalue weighted by Gasteiger charge is -2.03. The van der Waals surface area contributed by atoms with Gasteiger partial charge in [0.05, 0.1) is 11.1 Å². The maximum Gasteiger partial charge on any atom is 0.329 e. The van der Waals surface area contributed by atoms with E-state index in [1.165, 1.54) is 30.5 Å². The smallest absolute Gasteiger partial charge is 0.318 e. The van der Waals surface area contributed by atoms with Crippen LogP contribution in [0.5, 0.6) is 0 Å². The highest BCUT2D eigenvalue weighted by Gasteiger charge is 2.13. The van der Waals surface area contributed by atoms with Crippen molar-refractivity contribution in [2.24, 2.45) is 5.10 Å². The number of hydrogen-bond donors (Lipinski definition) is 2. The third kappa shape index (κ3) is 4.89. The third-order valence-corrected chi connectivity index (χ3v) is 2.98. The zero-order valence-electron chi connectivity index (χ0n) is 12.1. The Hall–Kier alpha value is -3.26. The van der Waals surface area contributed by atoms with Gasteiger partial charge in [0.1, 0.15) is 0 Å². The highest BCUT2D eigenvalue weighted by molar-refractivity contribution is 6.39. The number of rotatable bonds is 4. The van der Waals surface area contributed by atoms with Crippen molar-refractivity contribution >= 4 is 41.0 Å². The number of nitro benzene ring substituents is 1. The fourth-order valence-electron chi connectivity index (χ4n) is 1.69. The molecule has 0 aromatic heterocycles. The number of nitrogens with one attached hydrogen (secondary N) is 2. The fourth-order valence-corrected chi connectivity index (χ4v) is 1.88. The predicted octanol–water partition coefficient (Wildman–Crippen LogP) is 2.34. The van der Waals surface area contributed by atoms with Gasteiger partial charge in [-0.3, -0.25) is 19.7 Å². The summed E-state index contributed by atoms with van der Waals surface area (Å²) >= 11 is 5.77. The van der Waals surface area contributed by atoms with Crippen LogP contribution in [-0.4, -0.2) is 23.0 Å². The summed E-state index contributed by atoms with van der Waals surface area (Å²) in [5, 5.41) is 17.0. The molecule has 0 saturated carbocycles. The molecule has 2 rings (SSSR count). The minimum atomic E-state index is -0.989. The summed E-state index contributed by atoms with van der Waals surface area (Å²) in [5.74, 6) is -1.91. The number of hydrazone groups is 1. The molecule has 0 unspecified atom stereocenters. The second-order valence-corrected chi connectivity index (χ2v) is 4.95. The molecule has 24 heavy (non-hydrogen) atoms. The van der Waals surface area contributed by atoms with Gasteiger partial charge in [0, 0.05) is 28.4 Å². The lowest BCUT2D eigenvalue weighted by molar-refractivity contribution is -0.384.